The van der Waals surface area contributed by atoms with Crippen LogP contribution in [0.4, 0.5) is 0 Å². The van der Waals surface area contributed by atoms with Gasteiger partial charge in [0, 0.05) is 43.7 Å². The van der Waals surface area contributed by atoms with Crippen molar-refractivity contribution < 1.29 is 4.74 Å². The summed E-state index contributed by atoms with van der Waals surface area (Å²) in [6, 6.07) is 0. The molecule has 0 aliphatic carbocycles. The molecule has 1 aromatic rings. The largest absolute Gasteiger partial charge is 0.477 e. The van der Waals surface area contributed by atoms with Crippen molar-refractivity contribution in [2.45, 2.75) is 12.8 Å². The van der Waals surface area contributed by atoms with Gasteiger partial charge in [-0.3, -0.25) is 4.68 Å². The fourth-order valence-electron chi connectivity index (χ4n) is 2.91. The van der Waals surface area contributed by atoms with E-state index in [-0.39, 0.29) is 0 Å². The Morgan fingerprint density at radius 2 is 2.32 bits per heavy atom. The van der Waals surface area contributed by atoms with Crippen LogP contribution in [0.15, 0.2) is 54.7 Å². The lowest BCUT2D eigenvalue weighted by molar-refractivity contribution is 0.143. The molecule has 0 spiro atoms. The van der Waals surface area contributed by atoms with Crippen LogP contribution in [0.1, 0.15) is 18.4 Å². The van der Waals surface area contributed by atoms with Crippen LogP contribution in [0.2, 0.25) is 0 Å². The third kappa shape index (κ3) is 4.45. The zero-order chi connectivity index (χ0) is 17.6. The van der Waals surface area contributed by atoms with Gasteiger partial charge in [0.25, 0.3) is 0 Å². The van der Waals surface area contributed by atoms with Crippen molar-refractivity contribution in [2.24, 2.45) is 18.7 Å². The van der Waals surface area contributed by atoms with Gasteiger partial charge in [-0.15, -0.1) is 0 Å². The number of piperidine rings is 1. The first kappa shape index (κ1) is 17.2. The van der Waals surface area contributed by atoms with Crippen molar-refractivity contribution in [3.63, 3.8) is 0 Å². The maximum atomic E-state index is 6.19. The van der Waals surface area contributed by atoms with Crippen LogP contribution >= 0.6 is 0 Å². The molecular formula is C18H26N6O. The molecule has 7 heteroatoms. The van der Waals surface area contributed by atoms with Crippen LogP contribution in [-0.4, -0.2) is 29.5 Å². The van der Waals surface area contributed by atoms with Gasteiger partial charge < -0.3 is 26.4 Å². The molecule has 1 fully saturated rings. The minimum atomic E-state index is 0.382. The zero-order valence-corrected chi connectivity index (χ0v) is 14.6. The summed E-state index contributed by atoms with van der Waals surface area (Å²) in [5.41, 5.74) is 9.52. The number of aromatic nitrogens is 2. The number of ether oxygens (including phenoxy) is 1. The summed E-state index contributed by atoms with van der Waals surface area (Å²) in [6.07, 6.45) is 11.6. The molecule has 2 aliphatic rings. The summed E-state index contributed by atoms with van der Waals surface area (Å²) in [7, 11) is 1.88. The van der Waals surface area contributed by atoms with Gasteiger partial charge in [-0.2, -0.15) is 5.10 Å². The number of allylic oxidation sites excluding steroid dienone is 2. The van der Waals surface area contributed by atoms with E-state index in [1.807, 2.05) is 25.5 Å². The lowest BCUT2D eigenvalue weighted by Crippen LogP contribution is -2.33. The number of nitrogens with two attached hydrogens (primary N) is 1. The molecule has 0 saturated carbocycles. The first-order chi connectivity index (χ1) is 12.1. The molecule has 3 rings (SSSR count). The maximum absolute atomic E-state index is 6.19. The predicted molar refractivity (Wildman–Crippen MR) is 98.5 cm³/mol. The first-order valence-electron chi connectivity index (χ1n) is 8.55. The Kier molecular flexibility index (Phi) is 5.45. The molecule has 25 heavy (non-hydrogen) atoms. The number of nitrogens with zero attached hydrogens (tertiary/aromatic N) is 2. The van der Waals surface area contributed by atoms with E-state index in [1.165, 1.54) is 12.8 Å². The lowest BCUT2D eigenvalue weighted by atomic mass is 10.0. The highest BCUT2D eigenvalue weighted by molar-refractivity contribution is 5.73. The van der Waals surface area contributed by atoms with E-state index in [1.54, 1.807) is 17.1 Å². The summed E-state index contributed by atoms with van der Waals surface area (Å²) < 4.78 is 7.58. The highest BCUT2D eigenvalue weighted by Crippen LogP contribution is 2.19. The molecule has 7 nitrogen and oxygen atoms in total. The van der Waals surface area contributed by atoms with Gasteiger partial charge in [-0.25, -0.2) is 0 Å². The smallest absolute Gasteiger partial charge is 0.210 e. The maximum Gasteiger partial charge on any atom is 0.210 e. The van der Waals surface area contributed by atoms with Gasteiger partial charge in [0.2, 0.25) is 5.88 Å². The quantitative estimate of drug-likeness (QED) is 0.600. The van der Waals surface area contributed by atoms with Crippen LogP contribution < -0.4 is 21.7 Å². The summed E-state index contributed by atoms with van der Waals surface area (Å²) in [5, 5.41) is 13.9. The van der Waals surface area contributed by atoms with E-state index < -0.39 is 0 Å². The highest BCUT2D eigenvalue weighted by Gasteiger charge is 2.17. The second kappa shape index (κ2) is 7.94. The average Bonchev–Trinajstić information content (AvgIpc) is 3.07. The minimum absolute atomic E-state index is 0.382. The fraction of sp³-hybridized carbons (Fsp3) is 0.389. The Hall–Kier alpha value is -2.67. The van der Waals surface area contributed by atoms with Crippen LogP contribution in [0.25, 0.3) is 5.57 Å². The van der Waals surface area contributed by atoms with Crippen molar-refractivity contribution >= 4 is 5.57 Å². The van der Waals surface area contributed by atoms with Gasteiger partial charge in [-0.05, 0) is 31.0 Å². The SMILES string of the molecule is C=C(/C=C1/NC=CN/C1=C(/N)OC[C@@H]1CCCNC1)c1cnn(C)c1. The second-order valence-electron chi connectivity index (χ2n) is 6.37. The van der Waals surface area contributed by atoms with E-state index in [0.717, 1.165) is 35.6 Å². The number of hydrogen-bond donors (Lipinski definition) is 4. The molecule has 0 aromatic carbocycles. The zero-order valence-electron chi connectivity index (χ0n) is 14.6. The van der Waals surface area contributed by atoms with E-state index in [9.17, 15) is 0 Å². The number of rotatable bonds is 5. The molecule has 1 saturated heterocycles. The summed E-state index contributed by atoms with van der Waals surface area (Å²) in [5.74, 6) is 0.880. The number of nitrogens with one attached hydrogen (secondary N) is 3. The molecule has 1 aromatic heterocycles. The highest BCUT2D eigenvalue weighted by atomic mass is 16.5. The molecule has 0 bridgehead atoms. The molecule has 0 radical (unpaired) electrons. The van der Waals surface area contributed by atoms with E-state index >= 15 is 0 Å². The van der Waals surface area contributed by atoms with Gasteiger partial charge in [0.05, 0.1) is 18.5 Å². The Bertz CT molecular complexity index is 709. The molecule has 3 heterocycles. The monoisotopic (exact) mass is 342 g/mol. The fourth-order valence-corrected chi connectivity index (χ4v) is 2.91. The molecule has 0 amide bonds. The molecule has 5 N–H and O–H groups in total. The Balaban J connectivity index is 1.71. The van der Waals surface area contributed by atoms with E-state index in [0.29, 0.717) is 18.4 Å². The van der Waals surface area contributed by atoms with Gasteiger partial charge in [0.15, 0.2) is 0 Å². The van der Waals surface area contributed by atoms with Crippen molar-refractivity contribution in [3.8, 4) is 0 Å². The Morgan fingerprint density at radius 3 is 3.04 bits per heavy atom. The number of hydrogen-bond acceptors (Lipinski definition) is 6. The van der Waals surface area contributed by atoms with E-state index in [2.05, 4.69) is 27.6 Å². The predicted octanol–water partition coefficient (Wildman–Crippen LogP) is 1.13. The van der Waals surface area contributed by atoms with Crippen molar-refractivity contribution in [2.75, 3.05) is 19.7 Å². The summed E-state index contributed by atoms with van der Waals surface area (Å²) in [6.45, 7) is 6.80. The van der Waals surface area contributed by atoms with Crippen molar-refractivity contribution in [1.82, 2.24) is 25.7 Å². The average molecular weight is 342 g/mol. The van der Waals surface area contributed by atoms with Gasteiger partial charge >= 0.3 is 0 Å². The lowest BCUT2D eigenvalue weighted by Gasteiger charge is -2.24. The van der Waals surface area contributed by atoms with Gasteiger partial charge in [-0.1, -0.05) is 6.58 Å². The van der Waals surface area contributed by atoms with Crippen LogP contribution in [0, 0.1) is 5.92 Å². The van der Waals surface area contributed by atoms with E-state index in [4.69, 9.17) is 10.5 Å². The molecule has 0 unspecified atom stereocenters. The second-order valence-corrected chi connectivity index (χ2v) is 6.37. The number of aryl methyl sites for hydroxylation is 1. The summed E-state index contributed by atoms with van der Waals surface area (Å²) >= 11 is 0. The van der Waals surface area contributed by atoms with Crippen LogP contribution in [0.5, 0.6) is 0 Å². The van der Waals surface area contributed by atoms with Crippen LogP contribution in [0.3, 0.4) is 0 Å². The molecule has 1 atom stereocenters. The van der Waals surface area contributed by atoms with Crippen molar-refractivity contribution in [1.29, 1.82) is 0 Å². The first-order valence-corrected chi connectivity index (χ1v) is 8.55. The van der Waals surface area contributed by atoms with Crippen molar-refractivity contribution in [3.05, 3.63) is 60.3 Å². The Labute approximate surface area is 148 Å². The normalized spacial score (nSPS) is 23.7. The standard InChI is InChI=1S/C18H26N6O/c1-13(15-10-23-24(2)11-15)8-16-17(22-7-6-21-16)18(19)25-12-14-4-3-5-20-9-14/h6-8,10-11,14,20-22H,1,3-5,9,12,19H2,2H3/b16-8+,18-17-/t14-/m1/s1. The van der Waals surface area contributed by atoms with Gasteiger partial charge in [0.1, 0.15) is 5.70 Å². The third-order valence-electron chi connectivity index (χ3n) is 4.33. The molecule has 2 aliphatic heterocycles. The minimum Gasteiger partial charge on any atom is -0.477 e. The topological polar surface area (TPSA) is 89.2 Å². The Morgan fingerprint density at radius 1 is 1.48 bits per heavy atom. The van der Waals surface area contributed by atoms with Crippen LogP contribution in [-0.2, 0) is 11.8 Å². The third-order valence-corrected chi connectivity index (χ3v) is 4.33. The molecular weight excluding hydrogens is 316 g/mol. The summed E-state index contributed by atoms with van der Waals surface area (Å²) in [4.78, 5) is 0. The molecule has 134 valence electrons.